The highest BCUT2D eigenvalue weighted by atomic mass is 32.1. The molecule has 2 aromatic heterocycles. The molecule has 5 nitrogen and oxygen atoms in total. The van der Waals surface area contributed by atoms with Gasteiger partial charge in [0.1, 0.15) is 0 Å². The summed E-state index contributed by atoms with van der Waals surface area (Å²) in [6.07, 6.45) is 1.54. The molecule has 6 heteroatoms. The van der Waals surface area contributed by atoms with E-state index in [1.165, 1.54) is 6.92 Å². The highest BCUT2D eigenvalue weighted by Crippen LogP contribution is 2.23. The first-order valence-corrected chi connectivity index (χ1v) is 6.34. The smallest absolute Gasteiger partial charge is 0.229 e. The number of hydrogen-bond donors (Lipinski definition) is 1. The molecule has 18 heavy (non-hydrogen) atoms. The lowest BCUT2D eigenvalue weighted by Crippen LogP contribution is -2.04. The third-order valence-electron chi connectivity index (χ3n) is 2.61. The summed E-state index contributed by atoms with van der Waals surface area (Å²) in [6.45, 7) is 7.28. The van der Waals surface area contributed by atoms with Crippen LogP contribution in [-0.4, -0.2) is 20.7 Å². The summed E-state index contributed by atoms with van der Waals surface area (Å²) in [5, 5.41) is 3.81. The zero-order valence-electron chi connectivity index (χ0n) is 10.7. The largest absolute Gasteiger partial charge is 0.300 e. The number of carbonyl (C=O) groups excluding carboxylic acids is 1. The van der Waals surface area contributed by atoms with Crippen LogP contribution >= 0.6 is 11.3 Å². The van der Waals surface area contributed by atoms with Gasteiger partial charge in [0.25, 0.3) is 0 Å². The Hall–Kier alpha value is -1.82. The molecule has 2 aromatic rings. The van der Waals surface area contributed by atoms with Gasteiger partial charge in [-0.15, -0.1) is 11.3 Å². The second kappa shape index (κ2) is 4.81. The van der Waals surface area contributed by atoms with Crippen molar-refractivity contribution in [3.63, 3.8) is 0 Å². The molecule has 0 radical (unpaired) electrons. The Labute approximate surface area is 109 Å². The topological polar surface area (TPSA) is 67.8 Å². The molecule has 0 bridgehead atoms. The van der Waals surface area contributed by atoms with E-state index in [0.717, 1.165) is 15.7 Å². The Morgan fingerprint density at radius 3 is 2.44 bits per heavy atom. The van der Waals surface area contributed by atoms with Crippen LogP contribution < -0.4 is 5.32 Å². The highest BCUT2D eigenvalue weighted by Gasteiger charge is 2.09. The second-order valence-corrected chi connectivity index (χ2v) is 5.24. The Bertz CT molecular complexity index is 587. The van der Waals surface area contributed by atoms with Crippen molar-refractivity contribution in [2.45, 2.75) is 27.7 Å². The fraction of sp³-hybridized carbons (Fsp3) is 0.333. The molecule has 0 aliphatic rings. The summed E-state index contributed by atoms with van der Waals surface area (Å²) in [6, 6.07) is 0. The SMILES string of the molecule is CC(=O)c1cnc(Nc2nc(C)c(C)s2)nc1C. The third-order valence-corrected chi connectivity index (χ3v) is 3.59. The van der Waals surface area contributed by atoms with Gasteiger partial charge >= 0.3 is 0 Å². The van der Waals surface area contributed by atoms with Gasteiger partial charge in [-0.05, 0) is 27.7 Å². The molecule has 94 valence electrons. The maximum Gasteiger partial charge on any atom is 0.229 e. The van der Waals surface area contributed by atoms with E-state index >= 15 is 0 Å². The van der Waals surface area contributed by atoms with Gasteiger partial charge in [-0.1, -0.05) is 0 Å². The fourth-order valence-corrected chi connectivity index (χ4v) is 2.30. The molecule has 0 amide bonds. The molecule has 0 saturated heterocycles. The number of carbonyl (C=O) groups is 1. The minimum Gasteiger partial charge on any atom is -0.300 e. The molecule has 2 rings (SSSR count). The molecule has 0 aliphatic heterocycles. The average molecular weight is 262 g/mol. The molecule has 0 unspecified atom stereocenters. The molecule has 2 heterocycles. The van der Waals surface area contributed by atoms with Crippen molar-refractivity contribution >= 4 is 28.2 Å². The Balaban J connectivity index is 2.25. The minimum absolute atomic E-state index is 0.0278. The van der Waals surface area contributed by atoms with Crippen LogP contribution in [0.1, 0.15) is 33.5 Å². The number of aromatic nitrogens is 3. The van der Waals surface area contributed by atoms with Crippen LogP contribution in [0.5, 0.6) is 0 Å². The van der Waals surface area contributed by atoms with E-state index in [4.69, 9.17) is 0 Å². The number of anilines is 2. The summed E-state index contributed by atoms with van der Waals surface area (Å²) < 4.78 is 0. The Kier molecular flexibility index (Phi) is 3.38. The number of nitrogens with zero attached hydrogens (tertiary/aromatic N) is 3. The van der Waals surface area contributed by atoms with Crippen LogP contribution in [0.4, 0.5) is 11.1 Å². The molecule has 1 N–H and O–H groups in total. The zero-order chi connectivity index (χ0) is 13.3. The number of thiazole rings is 1. The van der Waals surface area contributed by atoms with Gasteiger partial charge in [0.2, 0.25) is 5.95 Å². The van der Waals surface area contributed by atoms with Crippen molar-refractivity contribution in [2.24, 2.45) is 0 Å². The summed E-state index contributed by atoms with van der Waals surface area (Å²) >= 11 is 1.56. The van der Waals surface area contributed by atoms with Crippen molar-refractivity contribution in [2.75, 3.05) is 5.32 Å². The second-order valence-electron chi connectivity index (χ2n) is 4.03. The van der Waals surface area contributed by atoms with Gasteiger partial charge in [-0.3, -0.25) is 4.79 Å². The summed E-state index contributed by atoms with van der Waals surface area (Å²) in [5.74, 6) is 0.436. The van der Waals surface area contributed by atoms with E-state index in [1.807, 2.05) is 13.8 Å². The van der Waals surface area contributed by atoms with Gasteiger partial charge in [0, 0.05) is 11.1 Å². The number of nitrogens with one attached hydrogen (secondary N) is 1. The van der Waals surface area contributed by atoms with E-state index < -0.39 is 0 Å². The third kappa shape index (κ3) is 2.53. The van der Waals surface area contributed by atoms with Crippen molar-refractivity contribution in [3.05, 3.63) is 28.0 Å². The van der Waals surface area contributed by atoms with Crippen LogP contribution in [0.15, 0.2) is 6.20 Å². The molecular weight excluding hydrogens is 248 g/mol. The predicted molar refractivity (Wildman–Crippen MR) is 71.6 cm³/mol. The Morgan fingerprint density at radius 2 is 1.94 bits per heavy atom. The first-order chi connectivity index (χ1) is 8.47. The Morgan fingerprint density at radius 1 is 1.22 bits per heavy atom. The van der Waals surface area contributed by atoms with E-state index in [2.05, 4.69) is 20.3 Å². The number of Topliss-reactive ketones (excluding diaryl/α,β-unsaturated/α-hetero) is 1. The zero-order valence-corrected chi connectivity index (χ0v) is 11.6. The lowest BCUT2D eigenvalue weighted by atomic mass is 10.2. The number of rotatable bonds is 3. The van der Waals surface area contributed by atoms with Crippen molar-refractivity contribution in [1.29, 1.82) is 0 Å². The van der Waals surface area contributed by atoms with Crippen LogP contribution in [-0.2, 0) is 0 Å². The first-order valence-electron chi connectivity index (χ1n) is 5.53. The van der Waals surface area contributed by atoms with Crippen LogP contribution in [0.25, 0.3) is 0 Å². The van der Waals surface area contributed by atoms with Gasteiger partial charge < -0.3 is 5.32 Å². The fourth-order valence-electron chi connectivity index (χ4n) is 1.49. The monoisotopic (exact) mass is 262 g/mol. The number of aryl methyl sites for hydroxylation is 3. The maximum absolute atomic E-state index is 11.3. The highest BCUT2D eigenvalue weighted by molar-refractivity contribution is 7.15. The van der Waals surface area contributed by atoms with E-state index in [0.29, 0.717) is 17.2 Å². The average Bonchev–Trinajstić information content (AvgIpc) is 2.57. The van der Waals surface area contributed by atoms with E-state index in [1.54, 1.807) is 24.5 Å². The lowest BCUT2D eigenvalue weighted by molar-refractivity contribution is 0.101. The molecule has 0 aromatic carbocycles. The van der Waals surface area contributed by atoms with Crippen LogP contribution in [0, 0.1) is 20.8 Å². The van der Waals surface area contributed by atoms with E-state index in [9.17, 15) is 4.79 Å². The van der Waals surface area contributed by atoms with Gasteiger partial charge in [0.05, 0.1) is 17.0 Å². The first kappa shape index (κ1) is 12.6. The normalized spacial score (nSPS) is 10.4. The van der Waals surface area contributed by atoms with Gasteiger partial charge in [0.15, 0.2) is 10.9 Å². The number of hydrogen-bond acceptors (Lipinski definition) is 6. The van der Waals surface area contributed by atoms with Gasteiger partial charge in [-0.25, -0.2) is 15.0 Å². The summed E-state index contributed by atoms with van der Waals surface area (Å²) in [5.41, 5.74) is 2.22. The van der Waals surface area contributed by atoms with E-state index in [-0.39, 0.29) is 5.78 Å². The van der Waals surface area contributed by atoms with Crippen molar-refractivity contribution < 1.29 is 4.79 Å². The molecule has 0 saturated carbocycles. The van der Waals surface area contributed by atoms with Gasteiger partial charge in [-0.2, -0.15) is 0 Å². The minimum atomic E-state index is -0.0278. The molecule has 0 atom stereocenters. The molecular formula is C12H14N4OS. The van der Waals surface area contributed by atoms with Crippen LogP contribution in [0.2, 0.25) is 0 Å². The standard InChI is InChI=1S/C12H14N4OS/c1-6-9(4)18-12(15-6)16-11-13-5-10(8(3)17)7(2)14-11/h5H,1-4H3,(H,13,14,15,16). The van der Waals surface area contributed by atoms with Crippen molar-refractivity contribution in [1.82, 2.24) is 15.0 Å². The predicted octanol–water partition coefficient (Wildman–Crippen LogP) is 2.80. The molecule has 0 fully saturated rings. The summed E-state index contributed by atoms with van der Waals surface area (Å²) in [7, 11) is 0. The number of ketones is 1. The lowest BCUT2D eigenvalue weighted by Gasteiger charge is -2.04. The summed E-state index contributed by atoms with van der Waals surface area (Å²) in [4.78, 5) is 25.2. The molecule has 0 spiro atoms. The van der Waals surface area contributed by atoms with Crippen molar-refractivity contribution in [3.8, 4) is 0 Å². The van der Waals surface area contributed by atoms with Crippen LogP contribution in [0.3, 0.4) is 0 Å². The molecule has 0 aliphatic carbocycles. The maximum atomic E-state index is 11.3. The quantitative estimate of drug-likeness (QED) is 0.861.